The molecule has 0 aliphatic carbocycles. The van der Waals surface area contributed by atoms with E-state index >= 15 is 0 Å². The number of hydrogen-bond donors (Lipinski definition) is 5. The van der Waals surface area contributed by atoms with Crippen molar-refractivity contribution in [3.05, 3.63) is 48.1 Å². The number of benzene rings is 2. The average molecular weight is 626 g/mol. The fourth-order valence-corrected chi connectivity index (χ4v) is 5.38. The van der Waals surface area contributed by atoms with E-state index in [2.05, 4.69) is 62.6 Å². The van der Waals surface area contributed by atoms with E-state index in [-0.39, 0.29) is 11.8 Å². The highest BCUT2D eigenvalue weighted by Crippen LogP contribution is 2.34. The third-order valence-corrected chi connectivity index (χ3v) is 5.94. The van der Waals surface area contributed by atoms with Gasteiger partial charge in [0.15, 0.2) is 0 Å². The van der Waals surface area contributed by atoms with Crippen LogP contribution in [0.2, 0.25) is 0 Å². The first-order valence-electron chi connectivity index (χ1n) is 8.46. The average Bonchev–Trinajstić information content (AvgIpc) is 2.63. The van der Waals surface area contributed by atoms with Gasteiger partial charge in [-0.3, -0.25) is 0 Å². The van der Waals surface area contributed by atoms with Gasteiger partial charge in [-0.15, -0.1) is 0 Å². The Morgan fingerprint density at radius 1 is 1.17 bits per heavy atom. The third-order valence-electron chi connectivity index (χ3n) is 4.33. The number of phenols is 1. The predicted octanol–water partition coefficient (Wildman–Crippen LogP) is 2.78. The molecule has 10 heteroatoms. The number of carbonyl (C=O) groups is 2. The summed E-state index contributed by atoms with van der Waals surface area (Å²) in [7, 11) is 1.70. The molecule has 0 saturated carbocycles. The highest BCUT2D eigenvalue weighted by atomic mass is 127. The molecule has 0 bridgehead atoms. The van der Waals surface area contributed by atoms with Gasteiger partial charge in [-0.05, 0) is 106 Å². The van der Waals surface area contributed by atoms with E-state index in [1.807, 2.05) is 6.07 Å². The lowest BCUT2D eigenvalue weighted by molar-refractivity contribution is -0.159. The van der Waals surface area contributed by atoms with E-state index in [0.717, 1.165) is 32.3 Å². The summed E-state index contributed by atoms with van der Waals surface area (Å²) < 4.78 is 7.67. The van der Waals surface area contributed by atoms with Crippen LogP contribution >= 0.6 is 45.2 Å². The molecule has 0 fully saturated rings. The lowest BCUT2D eigenvalue weighted by atomic mass is 9.89. The van der Waals surface area contributed by atoms with E-state index in [0.29, 0.717) is 5.69 Å². The van der Waals surface area contributed by atoms with Crippen LogP contribution in [0.1, 0.15) is 22.7 Å². The van der Waals surface area contributed by atoms with E-state index in [9.17, 15) is 5.11 Å². The largest absolute Gasteiger partial charge is 0.506 e. The van der Waals surface area contributed by atoms with Crippen molar-refractivity contribution in [2.45, 2.75) is 18.9 Å². The van der Waals surface area contributed by atoms with E-state index in [4.69, 9.17) is 30.3 Å². The Balaban J connectivity index is 0.000000438. The number of rotatable bonds is 3. The number of halogens is 2. The Morgan fingerprint density at radius 3 is 2.28 bits per heavy atom. The van der Waals surface area contributed by atoms with Crippen molar-refractivity contribution in [1.82, 2.24) is 5.32 Å². The van der Waals surface area contributed by atoms with E-state index in [1.54, 1.807) is 13.2 Å². The zero-order valence-electron chi connectivity index (χ0n) is 15.4. The monoisotopic (exact) mass is 626 g/mol. The molecule has 1 aliphatic heterocycles. The molecule has 29 heavy (non-hydrogen) atoms. The smallest absolute Gasteiger partial charge is 0.414 e. The molecule has 0 aromatic heterocycles. The van der Waals surface area contributed by atoms with Gasteiger partial charge >= 0.3 is 11.9 Å². The number of fused-ring (bicyclic) bond motifs is 1. The minimum Gasteiger partial charge on any atom is -0.506 e. The number of carboxylic acids is 2. The van der Waals surface area contributed by atoms with Crippen molar-refractivity contribution in [3.63, 3.8) is 0 Å². The molecule has 1 heterocycles. The van der Waals surface area contributed by atoms with Crippen molar-refractivity contribution in [1.29, 1.82) is 0 Å². The molecule has 1 atom stereocenters. The number of hydrogen-bond acceptors (Lipinski definition) is 6. The van der Waals surface area contributed by atoms with Gasteiger partial charge < -0.3 is 31.1 Å². The molecule has 1 aliphatic rings. The van der Waals surface area contributed by atoms with Crippen molar-refractivity contribution >= 4 is 62.8 Å². The number of aliphatic carboxylic acids is 2. The Morgan fingerprint density at radius 2 is 1.76 bits per heavy atom. The predicted molar refractivity (Wildman–Crippen MR) is 124 cm³/mol. The maximum absolute atomic E-state index is 9.82. The highest BCUT2D eigenvalue weighted by Gasteiger charge is 2.22. The Kier molecular flexibility index (Phi) is 8.34. The van der Waals surface area contributed by atoms with Crippen LogP contribution in [-0.4, -0.2) is 40.9 Å². The molecular formula is C19H20I2N2O6. The highest BCUT2D eigenvalue weighted by molar-refractivity contribution is 14.1. The van der Waals surface area contributed by atoms with Gasteiger partial charge in [0.25, 0.3) is 0 Å². The second-order valence-electron chi connectivity index (χ2n) is 6.27. The first-order valence-corrected chi connectivity index (χ1v) is 10.6. The Bertz CT molecular complexity index is 900. The fourth-order valence-electron chi connectivity index (χ4n) is 3.04. The number of ether oxygens (including phenoxy) is 1. The lowest BCUT2D eigenvalue weighted by Gasteiger charge is -2.28. The van der Waals surface area contributed by atoms with Crippen molar-refractivity contribution in [2.75, 3.05) is 19.4 Å². The van der Waals surface area contributed by atoms with Gasteiger partial charge in [0.05, 0.1) is 19.9 Å². The molecule has 0 unspecified atom stereocenters. The molecular weight excluding hydrogens is 606 g/mol. The standard InChI is InChI=1S/C17H18I2N2O2.C2H2O4/c1-23-17-12(18)4-9(5-13(17)19)6-15-11-8-14(20)16(22)7-10(11)2-3-21-15;3-1(4)2(5)6/h4-5,7-8,15,21-22H,2-3,6,20H2,1H3;(H,3,4)(H,5,6)/t15-;/m1./s1. The summed E-state index contributed by atoms with van der Waals surface area (Å²) in [6.07, 6.45) is 1.80. The molecule has 0 spiro atoms. The molecule has 0 saturated heterocycles. The summed E-state index contributed by atoms with van der Waals surface area (Å²) in [4.78, 5) is 18.2. The maximum atomic E-state index is 9.82. The van der Waals surface area contributed by atoms with Crippen LogP contribution in [-0.2, 0) is 22.4 Å². The number of phenolic OH excluding ortho intramolecular Hbond substituents is 1. The number of anilines is 1. The molecule has 8 nitrogen and oxygen atoms in total. The fraction of sp³-hybridized carbons (Fsp3) is 0.263. The van der Waals surface area contributed by atoms with Crippen LogP contribution in [0.5, 0.6) is 11.5 Å². The van der Waals surface area contributed by atoms with E-state index < -0.39 is 11.9 Å². The normalized spacial score (nSPS) is 14.9. The van der Waals surface area contributed by atoms with Gasteiger partial charge in [-0.25, -0.2) is 9.59 Å². The molecule has 0 radical (unpaired) electrons. The topological polar surface area (TPSA) is 142 Å². The third kappa shape index (κ3) is 6.09. The number of nitrogen functional groups attached to an aromatic ring is 1. The van der Waals surface area contributed by atoms with Crippen LogP contribution < -0.4 is 15.8 Å². The number of aromatic hydroxyl groups is 1. The Hall–Kier alpha value is -1.80. The van der Waals surface area contributed by atoms with Crippen LogP contribution in [0.15, 0.2) is 24.3 Å². The van der Waals surface area contributed by atoms with Crippen molar-refractivity contribution in [3.8, 4) is 11.5 Å². The second kappa shape index (κ2) is 10.3. The number of nitrogens with one attached hydrogen (secondary N) is 1. The summed E-state index contributed by atoms with van der Waals surface area (Å²) in [5, 5.41) is 28.2. The van der Waals surface area contributed by atoms with Gasteiger partial charge in [0.1, 0.15) is 11.5 Å². The molecule has 0 amide bonds. The summed E-state index contributed by atoms with van der Waals surface area (Å²) in [5.74, 6) is -2.54. The van der Waals surface area contributed by atoms with Crippen molar-refractivity contribution in [2.24, 2.45) is 0 Å². The summed E-state index contributed by atoms with van der Waals surface area (Å²) in [5.41, 5.74) is 9.96. The number of carboxylic acid groups (broad SMARTS) is 2. The summed E-state index contributed by atoms with van der Waals surface area (Å²) in [6, 6.07) is 8.26. The number of nitrogens with two attached hydrogens (primary N) is 1. The first-order chi connectivity index (χ1) is 13.6. The SMILES string of the molecule is COc1c(I)cc(C[C@H]2NCCc3cc(O)c(N)cc32)cc1I.O=C(O)C(=O)O. The van der Waals surface area contributed by atoms with E-state index in [1.165, 1.54) is 16.7 Å². The molecule has 2 aromatic carbocycles. The summed E-state index contributed by atoms with van der Waals surface area (Å²) >= 11 is 4.62. The van der Waals surface area contributed by atoms with Gasteiger partial charge in [-0.1, -0.05) is 0 Å². The second-order valence-corrected chi connectivity index (χ2v) is 8.60. The van der Waals surface area contributed by atoms with Gasteiger partial charge in [0, 0.05) is 6.04 Å². The summed E-state index contributed by atoms with van der Waals surface area (Å²) in [6.45, 7) is 0.908. The minimum atomic E-state index is -1.82. The quantitative estimate of drug-likeness (QED) is 0.152. The molecule has 6 N–H and O–H groups in total. The van der Waals surface area contributed by atoms with Crippen molar-refractivity contribution < 1.29 is 29.6 Å². The van der Waals surface area contributed by atoms with Crippen LogP contribution in [0.25, 0.3) is 0 Å². The zero-order valence-corrected chi connectivity index (χ0v) is 19.7. The van der Waals surface area contributed by atoms with Crippen LogP contribution in [0.4, 0.5) is 5.69 Å². The first kappa shape index (κ1) is 23.5. The number of methoxy groups -OCH3 is 1. The maximum Gasteiger partial charge on any atom is 0.414 e. The molecule has 3 rings (SSSR count). The van der Waals surface area contributed by atoms with Gasteiger partial charge in [0.2, 0.25) is 0 Å². The minimum absolute atomic E-state index is 0.179. The van der Waals surface area contributed by atoms with Crippen LogP contribution in [0, 0.1) is 7.14 Å². The zero-order chi connectivity index (χ0) is 21.7. The van der Waals surface area contributed by atoms with Gasteiger partial charge in [-0.2, -0.15) is 0 Å². The molecule has 2 aromatic rings. The van der Waals surface area contributed by atoms with Crippen LogP contribution in [0.3, 0.4) is 0 Å². The Labute approximate surface area is 194 Å². The lowest BCUT2D eigenvalue weighted by Crippen LogP contribution is -2.31. The molecule has 156 valence electrons.